The Morgan fingerprint density at radius 2 is 1.81 bits per heavy atom. The maximum absolute atomic E-state index is 13.1. The van der Waals surface area contributed by atoms with Crippen LogP contribution in [0.1, 0.15) is 42.3 Å². The fraction of sp³-hybridized carbons (Fsp3) is 0.444. The standard InChI is InChI=1S/C27H36N2O3/c1-4-32-26-13-12-24(19-25(26)21-31-20-22(2)3)27(30)29-17-15-28(16-18-29)14-8-11-23-9-6-5-7-10-23/h5-13,19,22H,4,14-18,20-21H2,1-3H3/b11-8+. The molecule has 1 aliphatic rings. The van der Waals surface area contributed by atoms with Crippen molar-refractivity contribution in [2.24, 2.45) is 5.92 Å². The van der Waals surface area contributed by atoms with E-state index in [0.29, 0.717) is 31.3 Å². The fourth-order valence-electron chi connectivity index (χ4n) is 3.74. The summed E-state index contributed by atoms with van der Waals surface area (Å²) in [7, 11) is 0. The number of amides is 1. The zero-order valence-corrected chi connectivity index (χ0v) is 19.6. The van der Waals surface area contributed by atoms with Crippen molar-refractivity contribution in [3.63, 3.8) is 0 Å². The highest BCUT2D eigenvalue weighted by molar-refractivity contribution is 5.94. The number of hydrogen-bond acceptors (Lipinski definition) is 4. The third-order valence-corrected chi connectivity index (χ3v) is 5.45. The Morgan fingerprint density at radius 3 is 2.50 bits per heavy atom. The van der Waals surface area contributed by atoms with Gasteiger partial charge in [0.25, 0.3) is 5.91 Å². The summed E-state index contributed by atoms with van der Waals surface area (Å²) >= 11 is 0. The molecule has 0 radical (unpaired) electrons. The van der Waals surface area contributed by atoms with Gasteiger partial charge >= 0.3 is 0 Å². The third kappa shape index (κ3) is 7.21. The zero-order valence-electron chi connectivity index (χ0n) is 19.6. The molecule has 1 amide bonds. The summed E-state index contributed by atoms with van der Waals surface area (Å²) in [6.45, 7) is 12.1. The minimum Gasteiger partial charge on any atom is -0.494 e. The Hall–Kier alpha value is -2.63. The average Bonchev–Trinajstić information content (AvgIpc) is 2.81. The largest absolute Gasteiger partial charge is 0.494 e. The summed E-state index contributed by atoms with van der Waals surface area (Å²) in [5, 5.41) is 0. The SMILES string of the molecule is CCOc1ccc(C(=O)N2CCN(C/C=C/c3ccccc3)CC2)cc1COCC(C)C. The van der Waals surface area contributed by atoms with E-state index in [0.717, 1.165) is 44.0 Å². The summed E-state index contributed by atoms with van der Waals surface area (Å²) < 4.78 is 11.6. The summed E-state index contributed by atoms with van der Waals surface area (Å²) in [6, 6.07) is 16.0. The molecule has 5 heteroatoms. The Morgan fingerprint density at radius 1 is 1.06 bits per heavy atom. The molecule has 2 aromatic carbocycles. The zero-order chi connectivity index (χ0) is 22.8. The van der Waals surface area contributed by atoms with Crippen LogP contribution in [0.4, 0.5) is 0 Å². The summed E-state index contributed by atoms with van der Waals surface area (Å²) in [6.07, 6.45) is 4.35. The van der Waals surface area contributed by atoms with Gasteiger partial charge in [0.1, 0.15) is 5.75 Å². The summed E-state index contributed by atoms with van der Waals surface area (Å²) in [4.78, 5) is 17.5. The molecule has 0 unspecified atom stereocenters. The molecule has 0 spiro atoms. The Labute approximate surface area is 192 Å². The first kappa shape index (κ1) is 24.0. The highest BCUT2D eigenvalue weighted by Crippen LogP contribution is 2.23. The predicted octanol–water partition coefficient (Wildman–Crippen LogP) is 4.73. The van der Waals surface area contributed by atoms with E-state index >= 15 is 0 Å². The molecule has 0 aliphatic carbocycles. The van der Waals surface area contributed by atoms with Crippen molar-refractivity contribution in [2.75, 3.05) is 45.9 Å². The number of rotatable bonds is 10. The highest BCUT2D eigenvalue weighted by atomic mass is 16.5. The maximum Gasteiger partial charge on any atom is 0.253 e. The van der Waals surface area contributed by atoms with E-state index < -0.39 is 0 Å². The lowest BCUT2D eigenvalue weighted by molar-refractivity contribution is 0.0649. The molecule has 172 valence electrons. The number of carbonyl (C=O) groups excluding carboxylic acids is 1. The molecule has 0 bridgehead atoms. The second-order valence-electron chi connectivity index (χ2n) is 8.57. The molecule has 0 aromatic heterocycles. The number of carbonyl (C=O) groups is 1. The lowest BCUT2D eigenvalue weighted by Gasteiger charge is -2.34. The van der Waals surface area contributed by atoms with Crippen LogP contribution >= 0.6 is 0 Å². The van der Waals surface area contributed by atoms with Crippen LogP contribution in [-0.4, -0.2) is 61.6 Å². The van der Waals surface area contributed by atoms with Gasteiger partial charge in [0.15, 0.2) is 0 Å². The van der Waals surface area contributed by atoms with Crippen LogP contribution in [0.25, 0.3) is 6.08 Å². The third-order valence-electron chi connectivity index (χ3n) is 5.45. The number of nitrogens with zero attached hydrogens (tertiary/aromatic N) is 2. The lowest BCUT2D eigenvalue weighted by atomic mass is 10.1. The summed E-state index contributed by atoms with van der Waals surface area (Å²) in [5.74, 6) is 1.34. The maximum atomic E-state index is 13.1. The lowest BCUT2D eigenvalue weighted by Crippen LogP contribution is -2.48. The van der Waals surface area contributed by atoms with E-state index in [-0.39, 0.29) is 5.91 Å². The van der Waals surface area contributed by atoms with Crippen LogP contribution in [0.2, 0.25) is 0 Å². The predicted molar refractivity (Wildman–Crippen MR) is 130 cm³/mol. The van der Waals surface area contributed by atoms with Gasteiger partial charge in [-0.15, -0.1) is 0 Å². The van der Waals surface area contributed by atoms with Crippen LogP contribution in [0.15, 0.2) is 54.6 Å². The number of piperazine rings is 1. The molecular weight excluding hydrogens is 400 g/mol. The van der Waals surface area contributed by atoms with Crippen molar-refractivity contribution in [2.45, 2.75) is 27.4 Å². The summed E-state index contributed by atoms with van der Waals surface area (Å²) in [5.41, 5.74) is 2.85. The van der Waals surface area contributed by atoms with Crippen LogP contribution in [0.3, 0.4) is 0 Å². The average molecular weight is 437 g/mol. The smallest absolute Gasteiger partial charge is 0.253 e. The molecule has 3 rings (SSSR count). The van der Waals surface area contributed by atoms with Gasteiger partial charge in [-0.05, 0) is 36.6 Å². The Kier molecular flexibility index (Phi) is 9.32. The van der Waals surface area contributed by atoms with Crippen molar-refractivity contribution in [1.82, 2.24) is 9.80 Å². The Balaban J connectivity index is 1.55. The Bertz CT molecular complexity index is 872. The van der Waals surface area contributed by atoms with Crippen molar-refractivity contribution in [3.05, 3.63) is 71.3 Å². The van der Waals surface area contributed by atoms with Crippen molar-refractivity contribution in [3.8, 4) is 5.75 Å². The van der Waals surface area contributed by atoms with E-state index in [9.17, 15) is 4.79 Å². The topological polar surface area (TPSA) is 42.0 Å². The van der Waals surface area contributed by atoms with Crippen LogP contribution in [0.5, 0.6) is 5.75 Å². The minimum atomic E-state index is 0.0811. The first-order valence-electron chi connectivity index (χ1n) is 11.6. The van der Waals surface area contributed by atoms with E-state index in [2.05, 4.69) is 43.0 Å². The fourth-order valence-corrected chi connectivity index (χ4v) is 3.74. The van der Waals surface area contributed by atoms with E-state index in [1.54, 1.807) is 0 Å². The van der Waals surface area contributed by atoms with E-state index in [1.165, 1.54) is 5.56 Å². The van der Waals surface area contributed by atoms with Crippen molar-refractivity contribution in [1.29, 1.82) is 0 Å². The van der Waals surface area contributed by atoms with Crippen LogP contribution < -0.4 is 4.74 Å². The van der Waals surface area contributed by atoms with Gasteiger partial charge in [0.05, 0.1) is 13.2 Å². The van der Waals surface area contributed by atoms with Gasteiger partial charge in [-0.2, -0.15) is 0 Å². The second kappa shape index (κ2) is 12.4. The molecule has 0 N–H and O–H groups in total. The van der Waals surface area contributed by atoms with E-state index in [1.807, 2.05) is 48.2 Å². The molecule has 1 aliphatic heterocycles. The second-order valence-corrected chi connectivity index (χ2v) is 8.57. The molecule has 1 saturated heterocycles. The van der Waals surface area contributed by atoms with Gasteiger partial charge in [-0.1, -0.05) is 56.3 Å². The molecule has 2 aromatic rings. The van der Waals surface area contributed by atoms with Crippen molar-refractivity contribution < 1.29 is 14.3 Å². The number of benzene rings is 2. The first-order valence-corrected chi connectivity index (χ1v) is 11.6. The van der Waals surface area contributed by atoms with Gasteiger partial charge in [-0.3, -0.25) is 9.69 Å². The molecule has 5 nitrogen and oxygen atoms in total. The van der Waals surface area contributed by atoms with Gasteiger partial charge in [0.2, 0.25) is 0 Å². The molecule has 32 heavy (non-hydrogen) atoms. The molecular formula is C27H36N2O3. The number of hydrogen-bond donors (Lipinski definition) is 0. The minimum absolute atomic E-state index is 0.0811. The van der Waals surface area contributed by atoms with Gasteiger partial charge in [-0.25, -0.2) is 0 Å². The van der Waals surface area contributed by atoms with Gasteiger partial charge in [0, 0.05) is 50.5 Å². The molecule has 0 saturated carbocycles. The molecule has 0 atom stereocenters. The number of ether oxygens (including phenoxy) is 2. The van der Waals surface area contributed by atoms with E-state index in [4.69, 9.17) is 9.47 Å². The van der Waals surface area contributed by atoms with Gasteiger partial charge < -0.3 is 14.4 Å². The quantitative estimate of drug-likeness (QED) is 0.540. The normalized spacial score (nSPS) is 14.9. The first-order chi connectivity index (χ1) is 15.6. The van der Waals surface area contributed by atoms with Crippen LogP contribution in [0, 0.1) is 5.92 Å². The highest BCUT2D eigenvalue weighted by Gasteiger charge is 2.22. The van der Waals surface area contributed by atoms with Crippen LogP contribution in [-0.2, 0) is 11.3 Å². The molecule has 1 heterocycles. The monoisotopic (exact) mass is 436 g/mol. The van der Waals surface area contributed by atoms with Crippen molar-refractivity contribution >= 4 is 12.0 Å². The molecule has 1 fully saturated rings.